The maximum atomic E-state index is 12.4. The number of amides is 1. The van der Waals surface area contributed by atoms with E-state index in [-0.39, 0.29) is 53.1 Å². The number of hydrogen-bond donors (Lipinski definition) is 3. The number of nitrogens with two attached hydrogens (primary N) is 1. The molecule has 0 unspecified atom stereocenters. The number of halogens is 1. The van der Waals surface area contributed by atoms with Crippen molar-refractivity contribution >= 4 is 33.3 Å². The number of aryl methyl sites for hydroxylation is 1. The van der Waals surface area contributed by atoms with E-state index in [0.29, 0.717) is 15.7 Å². The van der Waals surface area contributed by atoms with E-state index in [1.54, 1.807) is 19.1 Å². The number of nitriles is 2. The van der Waals surface area contributed by atoms with Crippen molar-refractivity contribution in [1.82, 2.24) is 4.98 Å². The lowest BCUT2D eigenvalue weighted by Crippen LogP contribution is -2.21. The molecule has 0 aliphatic rings. The van der Waals surface area contributed by atoms with Crippen LogP contribution in [0.1, 0.15) is 23.6 Å². The molecule has 0 atom stereocenters. The second-order valence-electron chi connectivity index (χ2n) is 7.08. The number of hydrogen-bond acceptors (Lipinski definition) is 7. The number of carbonyl (C=O) groups excluding carboxylic acids is 1. The van der Waals surface area contributed by atoms with Gasteiger partial charge in [0.25, 0.3) is 11.5 Å². The van der Waals surface area contributed by atoms with Crippen LogP contribution < -0.4 is 26.1 Å². The third kappa shape index (κ3) is 5.03. The molecule has 0 fully saturated rings. The van der Waals surface area contributed by atoms with Crippen LogP contribution >= 0.6 is 15.9 Å². The topological polar surface area (TPSA) is 154 Å². The van der Waals surface area contributed by atoms with Gasteiger partial charge >= 0.3 is 0 Å². The van der Waals surface area contributed by atoms with E-state index in [4.69, 9.17) is 15.2 Å². The first-order valence-corrected chi connectivity index (χ1v) is 10.9. The molecule has 3 rings (SSSR count). The lowest BCUT2D eigenvalue weighted by atomic mass is 9.96. The SMILES string of the molecule is CCOc1cc(-c2c(C#N)c(N)[nH]c(=O)c2C#N)c(Br)cc1OCC(=O)Nc1ccccc1C. The van der Waals surface area contributed by atoms with E-state index < -0.39 is 5.56 Å². The number of pyridine rings is 1. The summed E-state index contributed by atoms with van der Waals surface area (Å²) in [4.78, 5) is 27.0. The number of carbonyl (C=O) groups is 1. The minimum absolute atomic E-state index is 0.0504. The fourth-order valence-electron chi connectivity index (χ4n) is 3.26. The number of H-pyrrole nitrogens is 1. The highest BCUT2D eigenvalue weighted by Crippen LogP contribution is 2.41. The van der Waals surface area contributed by atoms with Gasteiger partial charge < -0.3 is 25.5 Å². The average molecular weight is 522 g/mol. The summed E-state index contributed by atoms with van der Waals surface area (Å²) in [5.74, 6) is 0.000622. The van der Waals surface area contributed by atoms with Gasteiger partial charge in [0.2, 0.25) is 0 Å². The third-order valence-corrected chi connectivity index (χ3v) is 5.50. The summed E-state index contributed by atoms with van der Waals surface area (Å²) >= 11 is 3.41. The molecule has 3 aromatic rings. The predicted octanol–water partition coefficient (Wildman–Crippen LogP) is 3.85. The number of aromatic nitrogens is 1. The second kappa shape index (κ2) is 10.6. The third-order valence-electron chi connectivity index (χ3n) is 4.85. The van der Waals surface area contributed by atoms with Crippen LogP contribution in [0.15, 0.2) is 45.7 Å². The molecule has 0 spiro atoms. The molecule has 0 radical (unpaired) electrons. The van der Waals surface area contributed by atoms with Gasteiger partial charge in [0.15, 0.2) is 18.1 Å². The van der Waals surface area contributed by atoms with E-state index in [2.05, 4.69) is 26.2 Å². The zero-order valence-electron chi connectivity index (χ0n) is 18.4. The van der Waals surface area contributed by atoms with Crippen molar-refractivity contribution in [1.29, 1.82) is 10.5 Å². The summed E-state index contributed by atoms with van der Waals surface area (Å²) in [7, 11) is 0. The van der Waals surface area contributed by atoms with Crippen LogP contribution in [-0.2, 0) is 4.79 Å². The number of nitrogen functional groups attached to an aromatic ring is 1. The maximum absolute atomic E-state index is 12.4. The Morgan fingerprint density at radius 3 is 2.47 bits per heavy atom. The fourth-order valence-corrected chi connectivity index (χ4v) is 3.78. The summed E-state index contributed by atoms with van der Waals surface area (Å²) in [5, 5.41) is 21.9. The zero-order chi connectivity index (χ0) is 24.8. The number of ether oxygens (including phenoxy) is 2. The van der Waals surface area contributed by atoms with E-state index in [1.807, 2.05) is 37.3 Å². The fraction of sp³-hybridized carbons (Fsp3) is 0.167. The van der Waals surface area contributed by atoms with Gasteiger partial charge in [-0.1, -0.05) is 34.1 Å². The minimum atomic E-state index is -0.716. The first-order valence-electron chi connectivity index (χ1n) is 10.1. The summed E-state index contributed by atoms with van der Waals surface area (Å²) in [6.45, 7) is 3.64. The Hall–Kier alpha value is -4.28. The van der Waals surface area contributed by atoms with Crippen LogP contribution in [0.25, 0.3) is 11.1 Å². The summed E-state index contributed by atoms with van der Waals surface area (Å²) < 4.78 is 11.8. The molecule has 1 heterocycles. The van der Waals surface area contributed by atoms with Gasteiger partial charge in [0, 0.05) is 21.3 Å². The lowest BCUT2D eigenvalue weighted by Gasteiger charge is -2.17. The molecule has 34 heavy (non-hydrogen) atoms. The Morgan fingerprint density at radius 2 is 1.82 bits per heavy atom. The van der Waals surface area contributed by atoms with Gasteiger partial charge in [-0.25, -0.2) is 0 Å². The smallest absolute Gasteiger partial charge is 0.268 e. The first kappa shape index (κ1) is 24.4. The van der Waals surface area contributed by atoms with Crippen LogP contribution in [-0.4, -0.2) is 24.1 Å². The number of nitrogens with one attached hydrogen (secondary N) is 2. The minimum Gasteiger partial charge on any atom is -0.490 e. The van der Waals surface area contributed by atoms with Crippen molar-refractivity contribution in [3.63, 3.8) is 0 Å². The number of anilines is 2. The molecule has 9 nitrogen and oxygen atoms in total. The van der Waals surface area contributed by atoms with Gasteiger partial charge in [0.05, 0.1) is 6.61 Å². The van der Waals surface area contributed by atoms with Gasteiger partial charge in [-0.15, -0.1) is 0 Å². The largest absolute Gasteiger partial charge is 0.490 e. The van der Waals surface area contributed by atoms with E-state index >= 15 is 0 Å². The average Bonchev–Trinajstić information content (AvgIpc) is 2.80. The standard InChI is InChI=1S/C24H20BrN5O4/c1-3-33-19-8-14(22-15(10-26)23(28)30-24(32)16(22)11-27)17(25)9-20(19)34-12-21(31)29-18-7-5-4-6-13(18)2/h4-9H,3,12H2,1-2H3,(H,29,31)(H3,28,30,32). The molecule has 0 saturated carbocycles. The van der Waals surface area contributed by atoms with Crippen LogP contribution in [0.3, 0.4) is 0 Å². The number of aromatic amines is 1. The Balaban J connectivity index is 1.99. The van der Waals surface area contributed by atoms with Crippen molar-refractivity contribution in [2.75, 3.05) is 24.3 Å². The Morgan fingerprint density at radius 1 is 1.15 bits per heavy atom. The monoisotopic (exact) mass is 521 g/mol. The van der Waals surface area contributed by atoms with Crippen LogP contribution in [0.2, 0.25) is 0 Å². The molecule has 172 valence electrons. The molecule has 0 saturated heterocycles. The Bertz CT molecular complexity index is 1400. The molecular weight excluding hydrogens is 502 g/mol. The van der Waals surface area contributed by atoms with E-state index in [9.17, 15) is 20.1 Å². The molecule has 2 aromatic carbocycles. The normalized spacial score (nSPS) is 10.1. The molecule has 1 amide bonds. The molecule has 10 heteroatoms. The summed E-state index contributed by atoms with van der Waals surface area (Å²) in [6.07, 6.45) is 0. The first-order chi connectivity index (χ1) is 16.3. The molecule has 4 N–H and O–H groups in total. The van der Waals surface area contributed by atoms with Gasteiger partial charge in [-0.05, 0) is 37.6 Å². The van der Waals surface area contributed by atoms with Gasteiger partial charge in [-0.3, -0.25) is 9.59 Å². The quantitative estimate of drug-likeness (QED) is 0.426. The number of rotatable bonds is 7. The highest BCUT2D eigenvalue weighted by Gasteiger charge is 2.22. The number of para-hydroxylation sites is 1. The molecule has 0 aliphatic heterocycles. The molecular formula is C24H20BrN5O4. The van der Waals surface area contributed by atoms with Crippen molar-refractivity contribution in [3.05, 3.63) is 67.9 Å². The van der Waals surface area contributed by atoms with Gasteiger partial charge in [-0.2, -0.15) is 10.5 Å². The highest BCUT2D eigenvalue weighted by atomic mass is 79.9. The van der Waals surface area contributed by atoms with Crippen LogP contribution in [0.5, 0.6) is 11.5 Å². The number of benzene rings is 2. The van der Waals surface area contributed by atoms with Gasteiger partial charge in [0.1, 0.15) is 29.1 Å². The molecule has 0 aliphatic carbocycles. The van der Waals surface area contributed by atoms with Crippen molar-refractivity contribution in [2.45, 2.75) is 13.8 Å². The predicted molar refractivity (Wildman–Crippen MR) is 131 cm³/mol. The Kier molecular flexibility index (Phi) is 7.57. The summed E-state index contributed by atoms with van der Waals surface area (Å²) in [6, 6.07) is 14.2. The van der Waals surface area contributed by atoms with Crippen LogP contribution in [0.4, 0.5) is 11.5 Å². The van der Waals surface area contributed by atoms with Crippen LogP contribution in [0, 0.1) is 29.6 Å². The maximum Gasteiger partial charge on any atom is 0.268 e. The molecule has 1 aromatic heterocycles. The van der Waals surface area contributed by atoms with E-state index in [1.165, 1.54) is 6.07 Å². The zero-order valence-corrected chi connectivity index (χ0v) is 19.9. The van der Waals surface area contributed by atoms with Crippen molar-refractivity contribution in [3.8, 4) is 34.8 Å². The number of nitrogens with zero attached hydrogens (tertiary/aromatic N) is 2. The second-order valence-corrected chi connectivity index (χ2v) is 7.93. The van der Waals surface area contributed by atoms with E-state index in [0.717, 1.165) is 5.56 Å². The summed E-state index contributed by atoms with van der Waals surface area (Å²) in [5.41, 5.74) is 6.80. The Labute approximate surface area is 203 Å². The van der Waals surface area contributed by atoms with Crippen molar-refractivity contribution in [2.24, 2.45) is 0 Å². The molecule has 0 bridgehead atoms. The highest BCUT2D eigenvalue weighted by molar-refractivity contribution is 9.10. The van der Waals surface area contributed by atoms with Crippen molar-refractivity contribution < 1.29 is 14.3 Å². The lowest BCUT2D eigenvalue weighted by molar-refractivity contribution is -0.118.